The molecule has 0 saturated carbocycles. The molecule has 2 aliphatic heterocycles. The molecule has 8 heteroatoms. The Labute approximate surface area is 141 Å². The molecule has 1 atom stereocenters. The molecule has 0 spiro atoms. The monoisotopic (exact) mass is 357 g/mol. The zero-order valence-corrected chi connectivity index (χ0v) is 15.0. The van der Waals surface area contributed by atoms with E-state index < -0.39 is 10.0 Å². The molecular formula is C15H23N3O3S2. The van der Waals surface area contributed by atoms with Gasteiger partial charge < -0.3 is 9.88 Å². The fraction of sp³-hybridized carbons (Fsp3) is 0.667. The minimum atomic E-state index is -3.50. The highest BCUT2D eigenvalue weighted by atomic mass is 32.2. The molecule has 2 fully saturated rings. The van der Waals surface area contributed by atoms with Crippen LogP contribution in [0.5, 0.6) is 0 Å². The Bertz CT molecular complexity index is 665. The van der Waals surface area contributed by atoms with E-state index >= 15 is 0 Å². The number of hydrogen-bond acceptors (Lipinski definition) is 4. The van der Waals surface area contributed by atoms with Crippen LogP contribution >= 0.6 is 11.8 Å². The first kappa shape index (κ1) is 16.9. The maximum atomic E-state index is 12.6. The standard InChI is InChI=1S/C15H23N3O3S2/c1-12-3-2-4-17(11-12)15(19)14-9-13(10-16-14)23(20,21)18-5-7-22-8-6-18/h9-10,12,16H,2-8,11H2,1H3. The highest BCUT2D eigenvalue weighted by Crippen LogP contribution is 2.22. The van der Waals surface area contributed by atoms with E-state index in [2.05, 4.69) is 11.9 Å². The topological polar surface area (TPSA) is 73.5 Å². The molecule has 2 saturated heterocycles. The van der Waals surface area contributed by atoms with Crippen molar-refractivity contribution in [1.29, 1.82) is 0 Å². The van der Waals surface area contributed by atoms with Gasteiger partial charge in [-0.25, -0.2) is 8.42 Å². The first-order valence-electron chi connectivity index (χ1n) is 8.04. The lowest BCUT2D eigenvalue weighted by Crippen LogP contribution is -2.39. The van der Waals surface area contributed by atoms with E-state index in [-0.39, 0.29) is 10.8 Å². The number of sulfonamides is 1. The van der Waals surface area contributed by atoms with Gasteiger partial charge in [0.2, 0.25) is 10.0 Å². The van der Waals surface area contributed by atoms with E-state index in [1.54, 1.807) is 11.8 Å². The van der Waals surface area contributed by atoms with Crippen LogP contribution in [-0.2, 0) is 10.0 Å². The van der Waals surface area contributed by atoms with Crippen LogP contribution in [0.15, 0.2) is 17.2 Å². The van der Waals surface area contributed by atoms with Crippen LogP contribution in [0.1, 0.15) is 30.3 Å². The summed E-state index contributed by atoms with van der Waals surface area (Å²) in [4.78, 5) is 17.4. The van der Waals surface area contributed by atoms with Crippen molar-refractivity contribution in [2.75, 3.05) is 37.7 Å². The van der Waals surface area contributed by atoms with Crippen LogP contribution in [0.4, 0.5) is 0 Å². The number of hydrogen-bond donors (Lipinski definition) is 1. The van der Waals surface area contributed by atoms with E-state index in [1.807, 2.05) is 4.90 Å². The van der Waals surface area contributed by atoms with Crippen molar-refractivity contribution in [3.63, 3.8) is 0 Å². The lowest BCUT2D eigenvalue weighted by molar-refractivity contribution is 0.0677. The van der Waals surface area contributed by atoms with Gasteiger partial charge in [-0.2, -0.15) is 16.1 Å². The first-order chi connectivity index (χ1) is 11.0. The Kier molecular flexibility index (Phi) is 5.03. The molecule has 6 nitrogen and oxygen atoms in total. The third-order valence-electron chi connectivity index (χ3n) is 4.44. The Morgan fingerprint density at radius 2 is 2.04 bits per heavy atom. The number of piperidine rings is 1. The van der Waals surface area contributed by atoms with Crippen LogP contribution in [0.2, 0.25) is 0 Å². The molecule has 1 amide bonds. The second-order valence-corrected chi connectivity index (χ2v) is 9.43. The normalized spacial score (nSPS) is 23.9. The third-order valence-corrected chi connectivity index (χ3v) is 7.26. The van der Waals surface area contributed by atoms with Gasteiger partial charge in [0.15, 0.2) is 0 Å². The second kappa shape index (κ2) is 6.86. The zero-order chi connectivity index (χ0) is 16.4. The molecule has 1 N–H and O–H groups in total. The molecule has 0 aliphatic carbocycles. The average Bonchev–Trinajstić information content (AvgIpc) is 3.06. The van der Waals surface area contributed by atoms with Gasteiger partial charge in [-0.1, -0.05) is 6.92 Å². The highest BCUT2D eigenvalue weighted by molar-refractivity contribution is 7.99. The fourth-order valence-corrected chi connectivity index (χ4v) is 5.70. The van der Waals surface area contributed by atoms with Gasteiger partial charge in [0.1, 0.15) is 10.6 Å². The number of H-pyrrole nitrogens is 1. The summed E-state index contributed by atoms with van der Waals surface area (Å²) in [6.45, 7) is 4.69. The predicted molar refractivity (Wildman–Crippen MR) is 91.2 cm³/mol. The third kappa shape index (κ3) is 3.59. The predicted octanol–water partition coefficient (Wildman–Crippen LogP) is 1.62. The molecule has 23 heavy (non-hydrogen) atoms. The maximum Gasteiger partial charge on any atom is 0.270 e. The molecule has 3 rings (SSSR count). The molecule has 128 valence electrons. The summed E-state index contributed by atoms with van der Waals surface area (Å²) in [5, 5.41) is 0. The summed E-state index contributed by atoms with van der Waals surface area (Å²) in [5.74, 6) is 2.03. The number of nitrogens with zero attached hydrogens (tertiary/aromatic N) is 2. The Morgan fingerprint density at radius 3 is 2.74 bits per heavy atom. The number of aromatic nitrogens is 1. The fourth-order valence-electron chi connectivity index (χ4n) is 3.13. The number of carbonyl (C=O) groups is 1. The van der Waals surface area contributed by atoms with E-state index in [9.17, 15) is 13.2 Å². The first-order valence-corrected chi connectivity index (χ1v) is 10.6. The van der Waals surface area contributed by atoms with E-state index in [4.69, 9.17) is 0 Å². The van der Waals surface area contributed by atoms with Crippen LogP contribution in [0, 0.1) is 5.92 Å². The summed E-state index contributed by atoms with van der Waals surface area (Å²) >= 11 is 1.76. The summed E-state index contributed by atoms with van der Waals surface area (Å²) in [6.07, 6.45) is 3.59. The summed E-state index contributed by atoms with van der Waals surface area (Å²) in [6, 6.07) is 1.48. The number of aromatic amines is 1. The van der Waals surface area contributed by atoms with E-state index in [1.165, 1.54) is 16.6 Å². The molecule has 0 aromatic carbocycles. The quantitative estimate of drug-likeness (QED) is 0.892. The van der Waals surface area contributed by atoms with Gasteiger partial charge in [0, 0.05) is 43.9 Å². The largest absolute Gasteiger partial charge is 0.356 e. The van der Waals surface area contributed by atoms with Crippen molar-refractivity contribution >= 4 is 27.7 Å². The lowest BCUT2D eigenvalue weighted by atomic mass is 10.0. The number of rotatable bonds is 3. The summed E-state index contributed by atoms with van der Waals surface area (Å²) in [5.41, 5.74) is 0.365. The van der Waals surface area contributed by atoms with Crippen LogP contribution in [0.25, 0.3) is 0 Å². The molecule has 1 aromatic rings. The van der Waals surface area contributed by atoms with Gasteiger partial charge >= 0.3 is 0 Å². The molecule has 1 unspecified atom stereocenters. The lowest BCUT2D eigenvalue weighted by Gasteiger charge is -2.30. The average molecular weight is 358 g/mol. The summed E-state index contributed by atoms with van der Waals surface area (Å²) < 4.78 is 26.8. The number of likely N-dealkylation sites (tertiary alicyclic amines) is 1. The minimum absolute atomic E-state index is 0.104. The molecule has 2 aliphatic rings. The van der Waals surface area contributed by atoms with E-state index in [0.717, 1.165) is 37.4 Å². The van der Waals surface area contributed by atoms with Crippen LogP contribution < -0.4 is 0 Å². The Hall–Kier alpha value is -0.990. The smallest absolute Gasteiger partial charge is 0.270 e. The minimum Gasteiger partial charge on any atom is -0.356 e. The van der Waals surface area contributed by atoms with E-state index in [0.29, 0.717) is 24.7 Å². The second-order valence-electron chi connectivity index (χ2n) is 6.26. The van der Waals surface area contributed by atoms with Crippen molar-refractivity contribution in [2.24, 2.45) is 5.92 Å². The van der Waals surface area contributed by atoms with Crippen LogP contribution in [0.3, 0.4) is 0 Å². The molecule has 0 bridgehead atoms. The SMILES string of the molecule is CC1CCCN(C(=O)c2cc(S(=O)(=O)N3CCSCC3)c[nH]2)C1. The molecule has 3 heterocycles. The Morgan fingerprint density at radius 1 is 1.30 bits per heavy atom. The number of thioether (sulfide) groups is 1. The number of nitrogens with one attached hydrogen (secondary N) is 1. The molecular weight excluding hydrogens is 334 g/mol. The van der Waals surface area contributed by atoms with Crippen LogP contribution in [-0.4, -0.2) is 66.2 Å². The molecule has 0 radical (unpaired) electrons. The van der Waals surface area contributed by atoms with Crippen molar-refractivity contribution < 1.29 is 13.2 Å². The molecule has 1 aromatic heterocycles. The van der Waals surface area contributed by atoms with Crippen molar-refractivity contribution in [2.45, 2.75) is 24.7 Å². The highest BCUT2D eigenvalue weighted by Gasteiger charge is 2.29. The van der Waals surface area contributed by atoms with Crippen molar-refractivity contribution in [3.8, 4) is 0 Å². The van der Waals surface area contributed by atoms with Gasteiger partial charge in [-0.15, -0.1) is 0 Å². The number of amides is 1. The Balaban J connectivity index is 1.75. The zero-order valence-electron chi connectivity index (χ0n) is 13.3. The van der Waals surface area contributed by atoms with Gasteiger partial charge in [-0.3, -0.25) is 4.79 Å². The summed E-state index contributed by atoms with van der Waals surface area (Å²) in [7, 11) is -3.50. The van der Waals surface area contributed by atoms with Gasteiger partial charge in [0.05, 0.1) is 0 Å². The number of carbonyl (C=O) groups excluding carboxylic acids is 1. The van der Waals surface area contributed by atoms with Gasteiger partial charge in [-0.05, 0) is 24.8 Å². The van der Waals surface area contributed by atoms with Crippen molar-refractivity contribution in [3.05, 3.63) is 18.0 Å². The van der Waals surface area contributed by atoms with Gasteiger partial charge in [0.25, 0.3) is 5.91 Å². The van der Waals surface area contributed by atoms with Crippen molar-refractivity contribution in [1.82, 2.24) is 14.2 Å². The maximum absolute atomic E-state index is 12.6.